The summed E-state index contributed by atoms with van der Waals surface area (Å²) in [4.78, 5) is 14.5. The van der Waals surface area contributed by atoms with Crippen molar-refractivity contribution in [2.45, 2.75) is 19.9 Å². The number of nitrogens with one attached hydrogen (secondary N) is 1. The fraction of sp³-hybridized carbons (Fsp3) is 0.290. The summed E-state index contributed by atoms with van der Waals surface area (Å²) in [5, 5.41) is 5.03. The average Bonchev–Trinajstić information content (AvgIpc) is 3.33. The predicted octanol–water partition coefficient (Wildman–Crippen LogP) is 6.45. The molecule has 4 heterocycles. The van der Waals surface area contributed by atoms with Crippen molar-refractivity contribution in [3.8, 4) is 22.5 Å². The first-order valence-corrected chi connectivity index (χ1v) is 13.9. The van der Waals surface area contributed by atoms with Crippen LogP contribution in [0.2, 0.25) is 5.02 Å². The maximum absolute atomic E-state index is 15.0. The van der Waals surface area contributed by atoms with Crippen molar-refractivity contribution in [3.63, 3.8) is 0 Å². The molecule has 0 atom stereocenters. The van der Waals surface area contributed by atoms with E-state index in [1.807, 2.05) is 47.1 Å². The molecule has 0 spiro atoms. The summed E-state index contributed by atoms with van der Waals surface area (Å²) in [5.74, 6) is -0.358. The van der Waals surface area contributed by atoms with E-state index in [-0.39, 0.29) is 5.82 Å². The summed E-state index contributed by atoms with van der Waals surface area (Å²) in [5.41, 5.74) is 5.30. The van der Waals surface area contributed by atoms with Gasteiger partial charge in [0.2, 0.25) is 0 Å². The molecule has 0 radical (unpaired) electrons. The van der Waals surface area contributed by atoms with Crippen LogP contribution in [0.4, 0.5) is 10.1 Å². The van der Waals surface area contributed by atoms with Crippen molar-refractivity contribution < 1.29 is 4.39 Å². The molecule has 1 saturated heterocycles. The number of pyridine rings is 2. The summed E-state index contributed by atoms with van der Waals surface area (Å²) >= 11 is 6.25. The van der Waals surface area contributed by atoms with E-state index in [0.717, 1.165) is 72.8 Å². The molecule has 1 fully saturated rings. The van der Waals surface area contributed by atoms with Crippen LogP contribution in [0, 0.1) is 5.82 Å². The fourth-order valence-electron chi connectivity index (χ4n) is 5.38. The normalized spacial score (nSPS) is 15.0. The van der Waals surface area contributed by atoms with Gasteiger partial charge < -0.3 is 5.32 Å². The van der Waals surface area contributed by atoms with Gasteiger partial charge in [0, 0.05) is 73.0 Å². The molecule has 2 aromatic carbocycles. The van der Waals surface area contributed by atoms with Crippen molar-refractivity contribution in [1.82, 2.24) is 24.2 Å². The number of anilines is 1. The monoisotopic (exact) mass is 542 g/mol. The minimum Gasteiger partial charge on any atom is -0.382 e. The third kappa shape index (κ3) is 5.35. The standard InChI is InChI=1S/C31H32ClFN6/c1-21(2)38-15-13-37(14-16-38)12-10-34-25-18-23-17-22(6-9-28(23)35-20-25)31-30(26-19-24(32)7-8-27(26)33)36-29-5-3-4-11-39(29)31/h3-9,11,17-21,34H,10,12-16H2,1-2H3. The number of halogens is 2. The Balaban J connectivity index is 1.28. The van der Waals surface area contributed by atoms with Gasteiger partial charge in [0.25, 0.3) is 0 Å². The van der Waals surface area contributed by atoms with Crippen LogP contribution in [0.25, 0.3) is 39.1 Å². The highest BCUT2D eigenvalue weighted by molar-refractivity contribution is 6.30. The second-order valence-corrected chi connectivity index (χ2v) is 10.8. The van der Waals surface area contributed by atoms with Crippen LogP contribution in [-0.4, -0.2) is 69.5 Å². The van der Waals surface area contributed by atoms with Gasteiger partial charge in [0.15, 0.2) is 0 Å². The molecule has 5 aromatic rings. The van der Waals surface area contributed by atoms with Crippen LogP contribution in [0.15, 0.2) is 73.1 Å². The van der Waals surface area contributed by atoms with Gasteiger partial charge in [-0.15, -0.1) is 0 Å². The van der Waals surface area contributed by atoms with Gasteiger partial charge in [-0.05, 0) is 62.4 Å². The highest BCUT2D eigenvalue weighted by Crippen LogP contribution is 2.36. The molecule has 39 heavy (non-hydrogen) atoms. The predicted molar refractivity (Wildman–Crippen MR) is 158 cm³/mol. The van der Waals surface area contributed by atoms with Gasteiger partial charge in [-0.25, -0.2) is 9.37 Å². The summed E-state index contributed by atoms with van der Waals surface area (Å²) in [6.45, 7) is 10.9. The first kappa shape index (κ1) is 25.7. The molecule has 0 amide bonds. The van der Waals surface area contributed by atoms with E-state index in [4.69, 9.17) is 16.6 Å². The third-order valence-electron chi connectivity index (χ3n) is 7.56. The first-order valence-electron chi connectivity index (χ1n) is 13.5. The molecular weight excluding hydrogens is 511 g/mol. The number of piperazine rings is 1. The Labute approximate surface area is 233 Å². The Kier molecular flexibility index (Phi) is 7.21. The number of hydrogen-bond acceptors (Lipinski definition) is 5. The quantitative estimate of drug-likeness (QED) is 0.256. The molecule has 1 N–H and O–H groups in total. The molecule has 0 bridgehead atoms. The van der Waals surface area contributed by atoms with Gasteiger partial charge in [-0.3, -0.25) is 19.2 Å². The van der Waals surface area contributed by atoms with E-state index in [9.17, 15) is 4.39 Å². The smallest absolute Gasteiger partial charge is 0.137 e. The van der Waals surface area contributed by atoms with Crippen molar-refractivity contribution in [2.75, 3.05) is 44.6 Å². The van der Waals surface area contributed by atoms with Crippen molar-refractivity contribution in [2.24, 2.45) is 0 Å². The van der Waals surface area contributed by atoms with Crippen LogP contribution >= 0.6 is 11.6 Å². The van der Waals surface area contributed by atoms with Gasteiger partial charge in [-0.2, -0.15) is 0 Å². The lowest BCUT2D eigenvalue weighted by atomic mass is 10.0. The van der Waals surface area contributed by atoms with Crippen molar-refractivity contribution in [1.29, 1.82) is 0 Å². The lowest BCUT2D eigenvalue weighted by molar-refractivity contribution is 0.111. The van der Waals surface area contributed by atoms with Crippen LogP contribution in [-0.2, 0) is 0 Å². The van der Waals surface area contributed by atoms with Gasteiger partial charge >= 0.3 is 0 Å². The minimum absolute atomic E-state index is 0.358. The zero-order valence-corrected chi connectivity index (χ0v) is 23.0. The number of fused-ring (bicyclic) bond motifs is 2. The van der Waals surface area contributed by atoms with Crippen molar-refractivity contribution >= 4 is 33.8 Å². The summed E-state index contributed by atoms with van der Waals surface area (Å²) in [6, 6.07) is 19.2. The molecular formula is C31H32ClFN6. The zero-order chi connectivity index (χ0) is 26.9. The Bertz CT molecular complexity index is 1620. The van der Waals surface area contributed by atoms with Gasteiger partial charge in [0.05, 0.1) is 23.1 Å². The van der Waals surface area contributed by atoms with E-state index in [2.05, 4.69) is 46.1 Å². The topological polar surface area (TPSA) is 48.7 Å². The molecule has 1 aliphatic rings. The molecule has 6 rings (SSSR count). The van der Waals surface area contributed by atoms with Crippen LogP contribution in [0.3, 0.4) is 0 Å². The Morgan fingerprint density at radius 1 is 1.00 bits per heavy atom. The Hall–Kier alpha value is -3.52. The van der Waals surface area contributed by atoms with E-state index in [1.54, 1.807) is 12.1 Å². The summed E-state index contributed by atoms with van der Waals surface area (Å²) in [6.07, 6.45) is 3.84. The maximum Gasteiger partial charge on any atom is 0.137 e. The second kappa shape index (κ2) is 10.9. The number of imidazole rings is 1. The number of hydrogen-bond donors (Lipinski definition) is 1. The highest BCUT2D eigenvalue weighted by atomic mass is 35.5. The molecule has 8 heteroatoms. The van der Waals surface area contributed by atoms with E-state index in [0.29, 0.717) is 22.3 Å². The maximum atomic E-state index is 15.0. The molecule has 1 aliphatic heterocycles. The molecule has 200 valence electrons. The van der Waals surface area contributed by atoms with E-state index >= 15 is 0 Å². The number of nitrogens with zero attached hydrogens (tertiary/aromatic N) is 5. The lowest BCUT2D eigenvalue weighted by Gasteiger charge is -2.36. The minimum atomic E-state index is -0.358. The third-order valence-corrected chi connectivity index (χ3v) is 7.80. The van der Waals surface area contributed by atoms with Gasteiger partial charge in [-0.1, -0.05) is 23.7 Å². The number of rotatable bonds is 7. The lowest BCUT2D eigenvalue weighted by Crippen LogP contribution is -2.49. The molecule has 0 saturated carbocycles. The molecule has 3 aromatic heterocycles. The van der Waals surface area contributed by atoms with Crippen LogP contribution in [0.1, 0.15) is 13.8 Å². The van der Waals surface area contributed by atoms with Crippen LogP contribution < -0.4 is 5.32 Å². The first-order chi connectivity index (χ1) is 19.0. The Morgan fingerprint density at radius 2 is 1.85 bits per heavy atom. The zero-order valence-electron chi connectivity index (χ0n) is 22.2. The highest BCUT2D eigenvalue weighted by Gasteiger charge is 2.20. The second-order valence-electron chi connectivity index (χ2n) is 10.4. The summed E-state index contributed by atoms with van der Waals surface area (Å²) < 4.78 is 17.0. The SMILES string of the molecule is CC(C)N1CCN(CCNc2cnc3ccc(-c4c(-c5cc(Cl)ccc5F)nc5ccccn45)cc3c2)CC1. The molecule has 0 aliphatic carbocycles. The fourth-order valence-corrected chi connectivity index (χ4v) is 5.55. The van der Waals surface area contributed by atoms with E-state index < -0.39 is 0 Å². The number of aromatic nitrogens is 3. The Morgan fingerprint density at radius 3 is 2.67 bits per heavy atom. The van der Waals surface area contributed by atoms with Gasteiger partial charge in [0.1, 0.15) is 17.2 Å². The van der Waals surface area contributed by atoms with E-state index in [1.165, 1.54) is 6.07 Å². The average molecular weight is 543 g/mol. The largest absolute Gasteiger partial charge is 0.382 e. The van der Waals surface area contributed by atoms with Crippen molar-refractivity contribution in [3.05, 3.63) is 83.9 Å². The molecule has 0 unspecified atom stereocenters. The molecule has 6 nitrogen and oxygen atoms in total. The number of benzene rings is 2. The summed E-state index contributed by atoms with van der Waals surface area (Å²) in [7, 11) is 0. The van der Waals surface area contributed by atoms with Crippen LogP contribution in [0.5, 0.6) is 0 Å².